The maximum atomic E-state index is 13.0. The lowest BCUT2D eigenvalue weighted by Gasteiger charge is -2.10. The molecule has 0 spiro atoms. The summed E-state index contributed by atoms with van der Waals surface area (Å²) >= 11 is 12.6. The van der Waals surface area contributed by atoms with E-state index in [0.29, 0.717) is 10.8 Å². The Morgan fingerprint density at radius 3 is 2.67 bits per heavy atom. The topological polar surface area (TPSA) is 24.1 Å². The highest BCUT2D eigenvalue weighted by molar-refractivity contribution is 7.99. The number of hydrogen-bond donors (Lipinski definition) is 2. The van der Waals surface area contributed by atoms with Gasteiger partial charge in [-0.15, -0.1) is 11.8 Å². The van der Waals surface area contributed by atoms with Gasteiger partial charge in [0.05, 0.1) is 5.02 Å². The highest BCUT2D eigenvalue weighted by Crippen LogP contribution is 2.19. The van der Waals surface area contributed by atoms with Crippen LogP contribution in [0.2, 0.25) is 5.02 Å². The molecule has 6 heteroatoms. The van der Waals surface area contributed by atoms with Crippen LogP contribution in [0.4, 0.5) is 10.1 Å². The Bertz CT molecular complexity index is 608. The van der Waals surface area contributed by atoms with Crippen LogP contribution in [0.1, 0.15) is 0 Å². The van der Waals surface area contributed by atoms with Crippen LogP contribution in [0.3, 0.4) is 0 Å². The quantitative estimate of drug-likeness (QED) is 0.473. The van der Waals surface area contributed by atoms with E-state index in [1.54, 1.807) is 17.8 Å². The summed E-state index contributed by atoms with van der Waals surface area (Å²) in [7, 11) is 0. The van der Waals surface area contributed by atoms with Crippen LogP contribution in [-0.2, 0) is 0 Å². The molecule has 0 unspecified atom stereocenters. The normalized spacial score (nSPS) is 10.2. The second kappa shape index (κ2) is 8.22. The molecule has 2 aromatic rings. The zero-order chi connectivity index (χ0) is 15.1. The smallest absolute Gasteiger partial charge is 0.170 e. The lowest BCUT2D eigenvalue weighted by atomic mass is 10.3. The number of hydrogen-bond acceptors (Lipinski definition) is 2. The second-order valence-corrected chi connectivity index (χ2v) is 6.16. The van der Waals surface area contributed by atoms with E-state index in [9.17, 15) is 4.39 Å². The number of thioether (sulfide) groups is 1. The van der Waals surface area contributed by atoms with Crippen molar-refractivity contribution in [1.82, 2.24) is 5.32 Å². The molecule has 0 aliphatic rings. The summed E-state index contributed by atoms with van der Waals surface area (Å²) in [4.78, 5) is 1.23. The van der Waals surface area contributed by atoms with E-state index in [1.807, 2.05) is 18.2 Å². The lowest BCUT2D eigenvalue weighted by Crippen LogP contribution is -2.30. The molecular formula is C15H14ClFN2S2. The van der Waals surface area contributed by atoms with E-state index < -0.39 is 5.82 Å². The van der Waals surface area contributed by atoms with E-state index in [4.69, 9.17) is 23.8 Å². The van der Waals surface area contributed by atoms with Crippen LogP contribution in [-0.4, -0.2) is 17.4 Å². The molecule has 2 nitrogen and oxygen atoms in total. The van der Waals surface area contributed by atoms with Gasteiger partial charge in [0.15, 0.2) is 5.11 Å². The van der Waals surface area contributed by atoms with Gasteiger partial charge in [-0.1, -0.05) is 29.8 Å². The Morgan fingerprint density at radius 1 is 1.19 bits per heavy atom. The molecule has 0 aliphatic heterocycles. The third-order valence-electron chi connectivity index (χ3n) is 2.58. The second-order valence-electron chi connectivity index (χ2n) is 4.17. The van der Waals surface area contributed by atoms with E-state index in [0.717, 1.165) is 12.3 Å². The van der Waals surface area contributed by atoms with E-state index in [-0.39, 0.29) is 5.02 Å². The number of benzene rings is 2. The fraction of sp³-hybridized carbons (Fsp3) is 0.133. The zero-order valence-corrected chi connectivity index (χ0v) is 13.5. The molecule has 0 atom stereocenters. The van der Waals surface area contributed by atoms with Crippen molar-refractivity contribution in [2.75, 3.05) is 17.6 Å². The van der Waals surface area contributed by atoms with Crippen molar-refractivity contribution in [3.63, 3.8) is 0 Å². The van der Waals surface area contributed by atoms with Crippen LogP contribution in [0, 0.1) is 5.82 Å². The monoisotopic (exact) mass is 340 g/mol. The molecule has 110 valence electrons. The lowest BCUT2D eigenvalue weighted by molar-refractivity contribution is 0.628. The van der Waals surface area contributed by atoms with Crippen molar-refractivity contribution in [2.24, 2.45) is 0 Å². The first kappa shape index (κ1) is 16.1. The molecule has 0 aromatic heterocycles. The fourth-order valence-electron chi connectivity index (χ4n) is 1.60. The van der Waals surface area contributed by atoms with E-state index >= 15 is 0 Å². The number of nitrogens with one attached hydrogen (secondary N) is 2. The zero-order valence-electron chi connectivity index (χ0n) is 11.1. The summed E-state index contributed by atoms with van der Waals surface area (Å²) in [6.07, 6.45) is 0. The van der Waals surface area contributed by atoms with Gasteiger partial charge in [-0.05, 0) is 42.5 Å². The average Bonchev–Trinajstić information content (AvgIpc) is 2.49. The fourth-order valence-corrected chi connectivity index (χ4v) is 2.79. The summed E-state index contributed by atoms with van der Waals surface area (Å²) in [5.41, 5.74) is 0.662. The summed E-state index contributed by atoms with van der Waals surface area (Å²) in [5.74, 6) is 0.455. The van der Waals surface area contributed by atoms with Gasteiger partial charge in [0.25, 0.3) is 0 Å². The van der Waals surface area contributed by atoms with Crippen molar-refractivity contribution in [3.05, 3.63) is 59.4 Å². The summed E-state index contributed by atoms with van der Waals surface area (Å²) in [5, 5.41) is 6.63. The molecule has 0 radical (unpaired) electrons. The number of rotatable bonds is 5. The van der Waals surface area contributed by atoms with Crippen molar-refractivity contribution in [1.29, 1.82) is 0 Å². The van der Waals surface area contributed by atoms with Crippen LogP contribution in [0.25, 0.3) is 0 Å². The van der Waals surface area contributed by atoms with Gasteiger partial charge in [0.1, 0.15) is 5.82 Å². The van der Waals surface area contributed by atoms with Crippen LogP contribution >= 0.6 is 35.6 Å². The van der Waals surface area contributed by atoms with Gasteiger partial charge in [-0.3, -0.25) is 0 Å². The van der Waals surface area contributed by atoms with Crippen molar-refractivity contribution in [3.8, 4) is 0 Å². The Morgan fingerprint density at radius 2 is 1.95 bits per heavy atom. The van der Waals surface area contributed by atoms with Gasteiger partial charge in [-0.25, -0.2) is 4.39 Å². The Kier molecular flexibility index (Phi) is 6.29. The molecule has 0 bridgehead atoms. The standard InChI is InChI=1S/C15H14ClFN2S2/c16-13-10-11(6-7-14(13)17)19-15(20)18-8-9-21-12-4-2-1-3-5-12/h1-7,10H,8-9H2,(H2,18,19,20). The SMILES string of the molecule is Fc1ccc(NC(=S)NCCSc2ccccc2)cc1Cl. The Hall–Kier alpha value is -1.30. The van der Waals surface area contributed by atoms with Crippen molar-refractivity contribution >= 4 is 46.4 Å². The maximum Gasteiger partial charge on any atom is 0.170 e. The minimum absolute atomic E-state index is 0.0717. The predicted octanol–water partition coefficient (Wildman–Crippen LogP) is 4.56. The summed E-state index contributed by atoms with van der Waals surface area (Å²) < 4.78 is 13.0. The van der Waals surface area contributed by atoms with Gasteiger partial charge in [0.2, 0.25) is 0 Å². The van der Waals surface area contributed by atoms with Crippen LogP contribution in [0.5, 0.6) is 0 Å². The van der Waals surface area contributed by atoms with E-state index in [2.05, 4.69) is 22.8 Å². The van der Waals surface area contributed by atoms with Gasteiger partial charge in [-0.2, -0.15) is 0 Å². The summed E-state index contributed by atoms with van der Waals surface area (Å²) in [6.45, 7) is 0.736. The maximum absolute atomic E-state index is 13.0. The van der Waals surface area contributed by atoms with Crippen molar-refractivity contribution < 1.29 is 4.39 Å². The summed E-state index contributed by atoms with van der Waals surface area (Å²) in [6, 6.07) is 14.6. The van der Waals surface area contributed by atoms with Crippen LogP contribution < -0.4 is 10.6 Å². The highest BCUT2D eigenvalue weighted by atomic mass is 35.5. The van der Waals surface area contributed by atoms with E-state index in [1.165, 1.54) is 17.0 Å². The third kappa shape index (κ3) is 5.53. The minimum Gasteiger partial charge on any atom is -0.362 e. The molecule has 0 saturated carbocycles. The molecule has 0 heterocycles. The first-order valence-corrected chi connectivity index (χ1v) is 8.10. The molecule has 0 saturated heterocycles. The van der Waals surface area contributed by atoms with Gasteiger partial charge in [0, 0.05) is 22.9 Å². The Labute approximate surface area is 138 Å². The molecule has 2 N–H and O–H groups in total. The molecule has 0 aliphatic carbocycles. The molecular weight excluding hydrogens is 327 g/mol. The highest BCUT2D eigenvalue weighted by Gasteiger charge is 2.02. The van der Waals surface area contributed by atoms with Crippen molar-refractivity contribution in [2.45, 2.75) is 4.90 Å². The Balaban J connectivity index is 1.71. The average molecular weight is 341 g/mol. The first-order valence-electron chi connectivity index (χ1n) is 6.33. The number of anilines is 1. The minimum atomic E-state index is -0.444. The molecule has 21 heavy (non-hydrogen) atoms. The number of thiocarbonyl (C=S) groups is 1. The van der Waals surface area contributed by atoms with Crippen LogP contribution in [0.15, 0.2) is 53.4 Å². The predicted molar refractivity (Wildman–Crippen MR) is 92.8 cm³/mol. The molecule has 2 aromatic carbocycles. The molecule has 0 amide bonds. The first-order chi connectivity index (χ1) is 10.1. The molecule has 0 fully saturated rings. The van der Waals surface area contributed by atoms with Gasteiger partial charge >= 0.3 is 0 Å². The van der Waals surface area contributed by atoms with Gasteiger partial charge < -0.3 is 10.6 Å². The largest absolute Gasteiger partial charge is 0.362 e. The third-order valence-corrected chi connectivity index (χ3v) is 4.13. The number of halogens is 2. The molecule has 2 rings (SSSR count).